The van der Waals surface area contributed by atoms with Crippen LogP contribution in [0.5, 0.6) is 11.5 Å². The predicted molar refractivity (Wildman–Crippen MR) is 141 cm³/mol. The van der Waals surface area contributed by atoms with Gasteiger partial charge in [-0.3, -0.25) is 19.9 Å². The standard InChI is InChI=1S/C28H28ClN5O3/c1-31-25-24(26(35)34(28(31)36)18-19-8-10-20(29)11-9-19)33-17-5-16-32(27(33)30-25)21-12-14-23(15-13-21)37-22-6-3-2-4-7-22/h2-4,6-15,24-25,27,30H,5,16-18H2,1H3. The minimum atomic E-state index is -0.455. The molecule has 0 bridgehead atoms. The van der Waals surface area contributed by atoms with Crippen molar-refractivity contribution in [1.29, 1.82) is 0 Å². The fourth-order valence-corrected chi connectivity index (χ4v) is 5.56. The average Bonchev–Trinajstić information content (AvgIpc) is 3.32. The number of imide groups is 1. The number of nitrogens with zero attached hydrogens (tertiary/aromatic N) is 4. The molecule has 6 rings (SSSR count). The summed E-state index contributed by atoms with van der Waals surface area (Å²) in [4.78, 5) is 34.3. The Morgan fingerprint density at radius 3 is 2.35 bits per heavy atom. The Labute approximate surface area is 221 Å². The van der Waals surface area contributed by atoms with Gasteiger partial charge < -0.3 is 14.5 Å². The molecule has 0 aliphatic carbocycles. The molecule has 3 heterocycles. The Kier molecular flexibility index (Phi) is 6.24. The maximum Gasteiger partial charge on any atom is 0.328 e. The fourth-order valence-electron chi connectivity index (χ4n) is 5.43. The number of fused-ring (bicyclic) bond motifs is 3. The second-order valence-corrected chi connectivity index (χ2v) is 10.0. The third-order valence-electron chi connectivity index (χ3n) is 7.27. The lowest BCUT2D eigenvalue weighted by atomic mass is 10.1. The van der Waals surface area contributed by atoms with Gasteiger partial charge >= 0.3 is 6.03 Å². The molecule has 190 valence electrons. The van der Waals surface area contributed by atoms with Gasteiger partial charge in [-0.25, -0.2) is 4.79 Å². The molecule has 3 saturated heterocycles. The van der Waals surface area contributed by atoms with Gasteiger partial charge in [0.2, 0.25) is 0 Å². The normalized spacial score (nSPS) is 23.7. The molecule has 3 aliphatic heterocycles. The third kappa shape index (κ3) is 4.41. The molecule has 3 aromatic rings. The molecule has 3 fully saturated rings. The van der Waals surface area contributed by atoms with Crippen molar-refractivity contribution in [1.82, 2.24) is 20.0 Å². The molecule has 9 heteroatoms. The Morgan fingerprint density at radius 1 is 0.919 bits per heavy atom. The molecular formula is C28H28ClN5O3. The van der Waals surface area contributed by atoms with E-state index in [1.165, 1.54) is 4.90 Å². The van der Waals surface area contributed by atoms with Crippen LogP contribution in [0.1, 0.15) is 12.0 Å². The molecule has 1 N–H and O–H groups in total. The first kappa shape index (κ1) is 23.8. The summed E-state index contributed by atoms with van der Waals surface area (Å²) < 4.78 is 5.95. The number of para-hydroxylation sites is 1. The van der Waals surface area contributed by atoms with Crippen molar-refractivity contribution in [3.8, 4) is 11.5 Å². The molecule has 3 aromatic carbocycles. The van der Waals surface area contributed by atoms with Crippen LogP contribution >= 0.6 is 11.6 Å². The van der Waals surface area contributed by atoms with Crippen LogP contribution in [0, 0.1) is 0 Å². The number of carbonyl (C=O) groups is 2. The lowest BCUT2D eigenvalue weighted by molar-refractivity contribution is -0.139. The van der Waals surface area contributed by atoms with Crippen LogP contribution in [-0.2, 0) is 11.3 Å². The van der Waals surface area contributed by atoms with Crippen molar-refractivity contribution in [3.05, 3.63) is 89.4 Å². The first-order chi connectivity index (χ1) is 18.0. The zero-order chi connectivity index (χ0) is 25.5. The quantitative estimate of drug-likeness (QED) is 0.543. The summed E-state index contributed by atoms with van der Waals surface area (Å²) in [5, 5.41) is 4.18. The first-order valence-electron chi connectivity index (χ1n) is 12.4. The van der Waals surface area contributed by atoms with E-state index in [-0.39, 0.29) is 24.8 Å². The van der Waals surface area contributed by atoms with E-state index in [4.69, 9.17) is 16.3 Å². The number of nitrogens with one attached hydrogen (secondary N) is 1. The van der Waals surface area contributed by atoms with Gasteiger partial charge in [0, 0.05) is 30.8 Å². The number of anilines is 1. The predicted octanol–water partition coefficient (Wildman–Crippen LogP) is 4.32. The van der Waals surface area contributed by atoms with Crippen molar-refractivity contribution in [3.63, 3.8) is 0 Å². The monoisotopic (exact) mass is 517 g/mol. The molecule has 3 atom stereocenters. The van der Waals surface area contributed by atoms with E-state index in [2.05, 4.69) is 15.1 Å². The lowest BCUT2D eigenvalue weighted by Gasteiger charge is -2.44. The topological polar surface area (TPSA) is 68.4 Å². The number of carbonyl (C=O) groups excluding carboxylic acids is 2. The molecule has 0 aromatic heterocycles. The van der Waals surface area contributed by atoms with E-state index in [9.17, 15) is 9.59 Å². The Balaban J connectivity index is 1.21. The molecule has 0 radical (unpaired) electrons. The number of hydrogen-bond donors (Lipinski definition) is 1. The number of ether oxygens (including phenoxy) is 1. The van der Waals surface area contributed by atoms with Crippen molar-refractivity contribution >= 4 is 29.2 Å². The number of hydrogen-bond acceptors (Lipinski definition) is 6. The highest BCUT2D eigenvalue weighted by Gasteiger charge is 2.56. The lowest BCUT2D eigenvalue weighted by Crippen LogP contribution is -2.66. The van der Waals surface area contributed by atoms with Gasteiger partial charge in [-0.2, -0.15) is 0 Å². The number of amides is 3. The molecule has 37 heavy (non-hydrogen) atoms. The first-order valence-corrected chi connectivity index (χ1v) is 12.8. The molecule has 0 saturated carbocycles. The van der Waals surface area contributed by atoms with Crippen LogP contribution in [0.15, 0.2) is 78.9 Å². The largest absolute Gasteiger partial charge is 0.457 e. The fraction of sp³-hybridized carbons (Fsp3) is 0.286. The summed E-state index contributed by atoms with van der Waals surface area (Å²) in [7, 11) is 1.76. The van der Waals surface area contributed by atoms with E-state index in [0.29, 0.717) is 5.02 Å². The summed E-state index contributed by atoms with van der Waals surface area (Å²) in [6.45, 7) is 1.83. The zero-order valence-corrected chi connectivity index (χ0v) is 21.2. The van der Waals surface area contributed by atoms with Gasteiger partial charge in [-0.05, 0) is 60.5 Å². The molecular weight excluding hydrogens is 490 g/mol. The van der Waals surface area contributed by atoms with Crippen LogP contribution < -0.4 is 15.0 Å². The van der Waals surface area contributed by atoms with Gasteiger partial charge in [0.1, 0.15) is 30.0 Å². The van der Waals surface area contributed by atoms with Crippen LogP contribution in [0.2, 0.25) is 5.02 Å². The van der Waals surface area contributed by atoms with Crippen molar-refractivity contribution in [2.24, 2.45) is 0 Å². The summed E-state index contributed by atoms with van der Waals surface area (Å²) in [5.41, 5.74) is 1.89. The third-order valence-corrected chi connectivity index (χ3v) is 7.52. The minimum Gasteiger partial charge on any atom is -0.457 e. The van der Waals surface area contributed by atoms with Gasteiger partial charge in [0.15, 0.2) is 0 Å². The van der Waals surface area contributed by atoms with E-state index in [1.807, 2.05) is 66.7 Å². The zero-order valence-electron chi connectivity index (χ0n) is 20.5. The Hall–Kier alpha value is -3.59. The molecule has 8 nitrogen and oxygen atoms in total. The number of benzene rings is 3. The summed E-state index contributed by atoms with van der Waals surface area (Å²) in [5.74, 6) is 1.37. The summed E-state index contributed by atoms with van der Waals surface area (Å²) in [6, 6.07) is 24.1. The molecule has 3 unspecified atom stereocenters. The maximum absolute atomic E-state index is 13.7. The number of urea groups is 1. The van der Waals surface area contributed by atoms with Gasteiger partial charge in [-0.15, -0.1) is 0 Å². The number of likely N-dealkylation sites (N-methyl/N-ethyl adjacent to an activating group) is 1. The Bertz CT molecular complexity index is 1290. The maximum atomic E-state index is 13.7. The second kappa shape index (κ2) is 9.70. The Morgan fingerprint density at radius 2 is 1.62 bits per heavy atom. The number of halogens is 1. The highest BCUT2D eigenvalue weighted by molar-refractivity contribution is 6.30. The summed E-state index contributed by atoms with van der Waals surface area (Å²) in [6.07, 6.45) is 0.318. The van der Waals surface area contributed by atoms with Crippen molar-refractivity contribution in [2.75, 3.05) is 25.0 Å². The smallest absolute Gasteiger partial charge is 0.328 e. The van der Waals surface area contributed by atoms with Crippen LogP contribution in [0.4, 0.5) is 10.5 Å². The van der Waals surface area contributed by atoms with E-state index in [0.717, 1.165) is 42.3 Å². The average molecular weight is 518 g/mol. The minimum absolute atomic E-state index is 0.175. The van der Waals surface area contributed by atoms with Crippen molar-refractivity contribution < 1.29 is 14.3 Å². The van der Waals surface area contributed by atoms with Gasteiger partial charge in [-0.1, -0.05) is 41.9 Å². The highest BCUT2D eigenvalue weighted by atomic mass is 35.5. The van der Waals surface area contributed by atoms with Crippen LogP contribution in [-0.4, -0.2) is 65.3 Å². The van der Waals surface area contributed by atoms with E-state index < -0.39 is 12.2 Å². The molecule has 0 spiro atoms. The molecule has 3 amide bonds. The second-order valence-electron chi connectivity index (χ2n) is 9.57. The van der Waals surface area contributed by atoms with E-state index in [1.54, 1.807) is 24.1 Å². The van der Waals surface area contributed by atoms with E-state index >= 15 is 0 Å². The van der Waals surface area contributed by atoms with Gasteiger partial charge in [0.25, 0.3) is 5.91 Å². The molecule has 3 aliphatic rings. The highest BCUT2D eigenvalue weighted by Crippen LogP contribution is 2.34. The SMILES string of the molecule is CN1C(=O)N(Cc2ccc(Cl)cc2)C(=O)C2C1NC1N(c3ccc(Oc4ccccc4)cc3)CCCN21. The van der Waals surface area contributed by atoms with Crippen LogP contribution in [0.25, 0.3) is 0 Å². The number of rotatable bonds is 5. The van der Waals surface area contributed by atoms with Crippen LogP contribution in [0.3, 0.4) is 0 Å². The van der Waals surface area contributed by atoms with Crippen molar-refractivity contribution in [2.45, 2.75) is 31.5 Å². The summed E-state index contributed by atoms with van der Waals surface area (Å²) >= 11 is 6.01. The van der Waals surface area contributed by atoms with Gasteiger partial charge in [0.05, 0.1) is 6.54 Å².